The van der Waals surface area contributed by atoms with Crippen LogP contribution in [0, 0.1) is 5.92 Å². The molecule has 1 aliphatic heterocycles. The molecule has 3 heterocycles. The Morgan fingerprint density at radius 3 is 2.57 bits per heavy atom. The maximum atomic E-state index is 13.0. The number of aromatic nitrogens is 3. The second-order valence-electron chi connectivity index (χ2n) is 8.97. The molecule has 1 N–H and O–H groups in total. The smallest absolute Gasteiger partial charge is 0.224 e. The van der Waals surface area contributed by atoms with Crippen molar-refractivity contribution >= 4 is 5.91 Å². The van der Waals surface area contributed by atoms with Crippen LogP contribution in [0.4, 0.5) is 0 Å². The van der Waals surface area contributed by atoms with Crippen LogP contribution in [0.25, 0.3) is 11.5 Å². The van der Waals surface area contributed by atoms with E-state index >= 15 is 0 Å². The van der Waals surface area contributed by atoms with Gasteiger partial charge in [0.15, 0.2) is 0 Å². The molecule has 0 aliphatic carbocycles. The molecule has 0 radical (unpaired) electrons. The van der Waals surface area contributed by atoms with Crippen LogP contribution in [0.15, 0.2) is 85.3 Å². The van der Waals surface area contributed by atoms with E-state index in [1.807, 2.05) is 77.9 Å². The molecule has 35 heavy (non-hydrogen) atoms. The van der Waals surface area contributed by atoms with Gasteiger partial charge in [0.05, 0.1) is 24.9 Å². The van der Waals surface area contributed by atoms with Gasteiger partial charge in [-0.2, -0.15) is 5.10 Å². The zero-order valence-electron chi connectivity index (χ0n) is 20.0. The minimum Gasteiger partial charge on any atom is -0.497 e. The van der Waals surface area contributed by atoms with E-state index in [0.717, 1.165) is 60.9 Å². The van der Waals surface area contributed by atoms with Crippen LogP contribution < -0.4 is 10.1 Å². The topological polar surface area (TPSA) is 64.3 Å². The number of rotatable bonds is 8. The van der Waals surface area contributed by atoms with Crippen molar-refractivity contribution < 1.29 is 9.53 Å². The average Bonchev–Trinajstić information content (AvgIpc) is 3.58. The second-order valence-corrected chi connectivity index (χ2v) is 8.97. The highest BCUT2D eigenvalue weighted by molar-refractivity contribution is 5.79. The zero-order valence-corrected chi connectivity index (χ0v) is 20.0. The summed E-state index contributed by atoms with van der Waals surface area (Å²) in [5, 5.41) is 7.84. The van der Waals surface area contributed by atoms with Gasteiger partial charge in [0.25, 0.3) is 0 Å². The predicted molar refractivity (Wildman–Crippen MR) is 136 cm³/mol. The first-order valence-electron chi connectivity index (χ1n) is 12.1. The fourth-order valence-electron chi connectivity index (χ4n) is 4.73. The molecule has 1 saturated heterocycles. The minimum absolute atomic E-state index is 0.0128. The third-order valence-electron chi connectivity index (χ3n) is 6.56. The quantitative estimate of drug-likeness (QED) is 0.420. The lowest BCUT2D eigenvalue weighted by atomic mass is 9.96. The van der Waals surface area contributed by atoms with Gasteiger partial charge < -0.3 is 14.6 Å². The van der Waals surface area contributed by atoms with E-state index in [0.29, 0.717) is 6.54 Å². The molecule has 2 aromatic carbocycles. The van der Waals surface area contributed by atoms with Gasteiger partial charge in [0.1, 0.15) is 11.6 Å². The van der Waals surface area contributed by atoms with E-state index in [4.69, 9.17) is 9.84 Å². The summed E-state index contributed by atoms with van der Waals surface area (Å²) in [6.07, 6.45) is 7.97. The van der Waals surface area contributed by atoms with Crippen molar-refractivity contribution in [1.82, 2.24) is 24.6 Å². The maximum Gasteiger partial charge on any atom is 0.224 e. The zero-order chi connectivity index (χ0) is 24.0. The molecule has 2 aromatic heterocycles. The Morgan fingerprint density at radius 1 is 1.06 bits per heavy atom. The number of hydrogen-bond acceptors (Lipinski definition) is 4. The number of carbonyl (C=O) groups is 1. The van der Waals surface area contributed by atoms with Crippen LogP contribution in [-0.4, -0.2) is 45.4 Å². The lowest BCUT2D eigenvalue weighted by Gasteiger charge is -2.32. The van der Waals surface area contributed by atoms with Gasteiger partial charge >= 0.3 is 0 Å². The number of nitrogens with one attached hydrogen (secondary N) is 1. The Bertz CT molecular complexity index is 1230. The SMILES string of the molecule is COc1ccc(CNC(=O)[C@@H]2CCCN(Cc3cnn(-c4ccccc4)c3-n3cccc3)C2)cc1. The van der Waals surface area contributed by atoms with Crippen molar-refractivity contribution in [2.45, 2.75) is 25.9 Å². The molecule has 180 valence electrons. The molecule has 1 atom stereocenters. The molecular formula is C28H31N5O2. The summed E-state index contributed by atoms with van der Waals surface area (Å²) in [4.78, 5) is 15.3. The number of ether oxygens (including phenoxy) is 1. The Hall–Kier alpha value is -3.84. The molecule has 0 unspecified atom stereocenters. The van der Waals surface area contributed by atoms with Crippen LogP contribution >= 0.6 is 0 Å². The van der Waals surface area contributed by atoms with Crippen molar-refractivity contribution in [3.8, 4) is 17.3 Å². The van der Waals surface area contributed by atoms with Crippen LogP contribution in [0.5, 0.6) is 5.75 Å². The van der Waals surface area contributed by atoms with Crippen LogP contribution in [0.2, 0.25) is 0 Å². The summed E-state index contributed by atoms with van der Waals surface area (Å²) in [7, 11) is 1.65. The predicted octanol–water partition coefficient (Wildman–Crippen LogP) is 4.20. The highest BCUT2D eigenvalue weighted by Crippen LogP contribution is 2.24. The van der Waals surface area contributed by atoms with Gasteiger partial charge in [-0.05, 0) is 61.3 Å². The van der Waals surface area contributed by atoms with Gasteiger partial charge in [-0.3, -0.25) is 9.69 Å². The molecule has 0 spiro atoms. The molecule has 1 fully saturated rings. The molecule has 0 bridgehead atoms. The first-order chi connectivity index (χ1) is 17.2. The second kappa shape index (κ2) is 10.6. The highest BCUT2D eigenvalue weighted by Gasteiger charge is 2.27. The number of methoxy groups -OCH3 is 1. The average molecular weight is 470 g/mol. The largest absolute Gasteiger partial charge is 0.497 e. The Kier molecular flexibility index (Phi) is 6.95. The van der Waals surface area contributed by atoms with Gasteiger partial charge in [0, 0.05) is 37.6 Å². The first-order valence-corrected chi connectivity index (χ1v) is 12.1. The van der Waals surface area contributed by atoms with E-state index in [1.54, 1.807) is 7.11 Å². The number of para-hydroxylation sites is 1. The first kappa shape index (κ1) is 22.9. The number of amides is 1. The summed E-state index contributed by atoms with van der Waals surface area (Å²) in [5.41, 5.74) is 3.23. The fraction of sp³-hybridized carbons (Fsp3) is 0.286. The number of carbonyl (C=O) groups excluding carboxylic acids is 1. The van der Waals surface area contributed by atoms with Gasteiger partial charge in [-0.25, -0.2) is 4.68 Å². The van der Waals surface area contributed by atoms with Gasteiger partial charge in [-0.15, -0.1) is 0 Å². The standard InChI is InChI=1S/C28H31N5O2/c1-35-26-13-11-22(12-14-26)18-29-27(34)23-8-7-15-31(20-23)21-24-19-30-33(25-9-3-2-4-10-25)28(24)32-16-5-6-17-32/h2-6,9-14,16-17,19,23H,7-8,15,18,20-21H2,1H3,(H,29,34)/t23-/m1/s1. The van der Waals surface area contributed by atoms with E-state index in [2.05, 4.69) is 26.9 Å². The van der Waals surface area contributed by atoms with Gasteiger partial charge in [0.2, 0.25) is 5.91 Å². The molecule has 1 amide bonds. The Balaban J connectivity index is 1.26. The number of benzene rings is 2. The molecule has 4 aromatic rings. The summed E-state index contributed by atoms with van der Waals surface area (Å²) >= 11 is 0. The van der Waals surface area contributed by atoms with Crippen LogP contribution in [-0.2, 0) is 17.9 Å². The van der Waals surface area contributed by atoms with Crippen LogP contribution in [0.1, 0.15) is 24.0 Å². The van der Waals surface area contributed by atoms with Gasteiger partial charge in [-0.1, -0.05) is 30.3 Å². The molecule has 7 heteroatoms. The van der Waals surface area contributed by atoms with Crippen LogP contribution in [0.3, 0.4) is 0 Å². The summed E-state index contributed by atoms with van der Waals surface area (Å²) in [6.45, 7) is 3.00. The minimum atomic E-state index is -0.0128. The van der Waals surface area contributed by atoms with E-state index in [9.17, 15) is 4.79 Å². The van der Waals surface area contributed by atoms with Crippen molar-refractivity contribution in [3.63, 3.8) is 0 Å². The number of nitrogens with zero attached hydrogens (tertiary/aromatic N) is 4. The highest BCUT2D eigenvalue weighted by atomic mass is 16.5. The third kappa shape index (κ3) is 5.30. The van der Waals surface area contributed by atoms with Crippen molar-refractivity contribution in [2.75, 3.05) is 20.2 Å². The molecular weight excluding hydrogens is 438 g/mol. The van der Waals surface area contributed by atoms with E-state index < -0.39 is 0 Å². The monoisotopic (exact) mass is 469 g/mol. The van der Waals surface area contributed by atoms with E-state index in [1.165, 1.54) is 0 Å². The number of hydrogen-bond donors (Lipinski definition) is 1. The molecule has 7 nitrogen and oxygen atoms in total. The lowest BCUT2D eigenvalue weighted by molar-refractivity contribution is -0.126. The van der Waals surface area contributed by atoms with E-state index in [-0.39, 0.29) is 11.8 Å². The Labute approximate surface area is 205 Å². The normalized spacial score (nSPS) is 16.2. The third-order valence-corrected chi connectivity index (χ3v) is 6.56. The number of likely N-dealkylation sites (tertiary alicyclic amines) is 1. The van der Waals surface area contributed by atoms with Crippen molar-refractivity contribution in [2.24, 2.45) is 5.92 Å². The fourth-order valence-corrected chi connectivity index (χ4v) is 4.73. The summed E-state index contributed by atoms with van der Waals surface area (Å²) in [5.74, 6) is 1.96. The summed E-state index contributed by atoms with van der Waals surface area (Å²) in [6, 6.07) is 22.0. The number of piperidine rings is 1. The lowest BCUT2D eigenvalue weighted by Crippen LogP contribution is -2.42. The molecule has 0 saturated carbocycles. The summed E-state index contributed by atoms with van der Waals surface area (Å²) < 4.78 is 9.30. The molecule has 5 rings (SSSR count). The van der Waals surface area contributed by atoms with Crippen molar-refractivity contribution in [3.05, 3.63) is 96.4 Å². The van der Waals surface area contributed by atoms with Crippen molar-refractivity contribution in [1.29, 1.82) is 0 Å². The molecule has 1 aliphatic rings. The maximum absolute atomic E-state index is 13.0. The Morgan fingerprint density at radius 2 is 1.83 bits per heavy atom.